The molecular formula is C24H31N5O3S. The average Bonchev–Trinajstić information content (AvgIpc) is 3.49. The number of methoxy groups -OCH3 is 2. The second-order valence-electron chi connectivity index (χ2n) is 8.12. The summed E-state index contributed by atoms with van der Waals surface area (Å²) in [6.07, 6.45) is 4.22. The molecule has 0 bridgehead atoms. The molecule has 2 aromatic heterocycles. The Bertz CT molecular complexity index is 1020. The summed E-state index contributed by atoms with van der Waals surface area (Å²) in [6, 6.07) is 12.0. The highest BCUT2D eigenvalue weighted by molar-refractivity contribution is 7.98. The van der Waals surface area contributed by atoms with E-state index in [1.54, 1.807) is 26.0 Å². The fourth-order valence-corrected chi connectivity index (χ4v) is 4.81. The van der Waals surface area contributed by atoms with Crippen LogP contribution in [0.5, 0.6) is 11.5 Å². The first-order chi connectivity index (χ1) is 16.2. The molecule has 3 heterocycles. The third kappa shape index (κ3) is 6.25. The minimum Gasteiger partial charge on any atom is -0.493 e. The summed E-state index contributed by atoms with van der Waals surface area (Å²) in [5, 5.41) is 9.96. The molecule has 1 aliphatic heterocycles. The van der Waals surface area contributed by atoms with E-state index in [1.165, 1.54) is 0 Å². The molecule has 0 amide bonds. The smallest absolute Gasteiger partial charge is 0.191 e. The van der Waals surface area contributed by atoms with Crippen molar-refractivity contribution < 1.29 is 14.2 Å². The van der Waals surface area contributed by atoms with Crippen molar-refractivity contribution in [3.63, 3.8) is 0 Å². The molecule has 4 rings (SSSR count). The maximum Gasteiger partial charge on any atom is 0.191 e. The van der Waals surface area contributed by atoms with Crippen molar-refractivity contribution >= 4 is 11.8 Å². The van der Waals surface area contributed by atoms with Crippen molar-refractivity contribution in [1.82, 2.24) is 24.6 Å². The van der Waals surface area contributed by atoms with Crippen LogP contribution in [0.2, 0.25) is 0 Å². The van der Waals surface area contributed by atoms with Crippen molar-refractivity contribution in [1.29, 1.82) is 0 Å². The van der Waals surface area contributed by atoms with Gasteiger partial charge >= 0.3 is 0 Å². The molecule has 1 aromatic carbocycles. The quantitative estimate of drug-likeness (QED) is 0.393. The molecule has 176 valence electrons. The molecule has 1 aliphatic rings. The van der Waals surface area contributed by atoms with Crippen LogP contribution in [0.15, 0.2) is 47.8 Å². The SMILES string of the molecule is COc1ccc(CN(C)Cc2nnc(SCc3ccccn3)n2C[C@H]2CCCO2)cc1OC. The summed E-state index contributed by atoms with van der Waals surface area (Å²) in [7, 11) is 5.39. The summed E-state index contributed by atoms with van der Waals surface area (Å²) < 4.78 is 18.9. The van der Waals surface area contributed by atoms with Crippen molar-refractivity contribution in [3.05, 3.63) is 59.7 Å². The summed E-state index contributed by atoms with van der Waals surface area (Å²) in [5.41, 5.74) is 2.17. The molecule has 3 aromatic rings. The maximum absolute atomic E-state index is 5.91. The first-order valence-electron chi connectivity index (χ1n) is 11.1. The zero-order valence-corrected chi connectivity index (χ0v) is 20.3. The largest absolute Gasteiger partial charge is 0.493 e. The lowest BCUT2D eigenvalue weighted by molar-refractivity contribution is 0.0934. The van der Waals surface area contributed by atoms with E-state index in [-0.39, 0.29) is 6.10 Å². The number of rotatable bonds is 11. The number of thioether (sulfide) groups is 1. The first kappa shape index (κ1) is 23.5. The van der Waals surface area contributed by atoms with Crippen molar-refractivity contribution in [2.24, 2.45) is 0 Å². The lowest BCUT2D eigenvalue weighted by Crippen LogP contribution is -2.23. The minimum absolute atomic E-state index is 0.213. The van der Waals surface area contributed by atoms with E-state index in [2.05, 4.69) is 37.8 Å². The molecule has 0 spiro atoms. The van der Waals surface area contributed by atoms with Crippen LogP contribution in [0.4, 0.5) is 0 Å². The summed E-state index contributed by atoms with van der Waals surface area (Å²) >= 11 is 1.67. The van der Waals surface area contributed by atoms with Gasteiger partial charge < -0.3 is 18.8 Å². The molecule has 0 saturated carbocycles. The van der Waals surface area contributed by atoms with Gasteiger partial charge in [-0.15, -0.1) is 10.2 Å². The number of ether oxygens (including phenoxy) is 3. The van der Waals surface area contributed by atoms with Gasteiger partial charge in [-0.05, 0) is 49.7 Å². The third-order valence-corrected chi connectivity index (χ3v) is 6.59. The normalized spacial score (nSPS) is 15.8. The van der Waals surface area contributed by atoms with Gasteiger partial charge in [0.1, 0.15) is 5.82 Å². The van der Waals surface area contributed by atoms with Gasteiger partial charge in [-0.3, -0.25) is 9.88 Å². The van der Waals surface area contributed by atoms with Crippen molar-refractivity contribution in [3.8, 4) is 11.5 Å². The monoisotopic (exact) mass is 469 g/mol. The van der Waals surface area contributed by atoms with E-state index < -0.39 is 0 Å². The van der Waals surface area contributed by atoms with Gasteiger partial charge in [-0.1, -0.05) is 23.9 Å². The van der Waals surface area contributed by atoms with Crippen LogP contribution < -0.4 is 9.47 Å². The van der Waals surface area contributed by atoms with Gasteiger partial charge in [0.2, 0.25) is 0 Å². The van der Waals surface area contributed by atoms with Crippen molar-refractivity contribution in [2.45, 2.75) is 49.5 Å². The zero-order valence-electron chi connectivity index (χ0n) is 19.4. The molecule has 8 nitrogen and oxygen atoms in total. The van der Waals surface area contributed by atoms with Crippen LogP contribution in [-0.2, 0) is 30.1 Å². The van der Waals surface area contributed by atoms with Crippen LogP contribution >= 0.6 is 11.8 Å². The molecule has 0 N–H and O–H groups in total. The lowest BCUT2D eigenvalue weighted by atomic mass is 10.2. The summed E-state index contributed by atoms with van der Waals surface area (Å²) in [4.78, 5) is 6.65. The fourth-order valence-electron chi connectivity index (χ4n) is 3.93. The number of nitrogens with zero attached hydrogens (tertiary/aromatic N) is 5. The first-order valence-corrected chi connectivity index (χ1v) is 12.1. The van der Waals surface area contributed by atoms with E-state index in [0.29, 0.717) is 6.54 Å². The Morgan fingerprint density at radius 3 is 2.73 bits per heavy atom. The van der Waals surface area contributed by atoms with Gasteiger partial charge in [0.05, 0.1) is 39.1 Å². The summed E-state index contributed by atoms with van der Waals surface area (Å²) in [5.74, 6) is 3.16. The molecule has 9 heteroatoms. The summed E-state index contributed by atoms with van der Waals surface area (Å²) in [6.45, 7) is 3.04. The minimum atomic E-state index is 0.213. The third-order valence-electron chi connectivity index (χ3n) is 5.59. The molecule has 1 fully saturated rings. The molecular weight excluding hydrogens is 438 g/mol. The predicted octanol–water partition coefficient (Wildman–Crippen LogP) is 3.79. The maximum atomic E-state index is 5.91. The molecule has 0 aliphatic carbocycles. The van der Waals surface area contributed by atoms with E-state index >= 15 is 0 Å². The van der Waals surface area contributed by atoms with E-state index in [0.717, 1.165) is 72.0 Å². The van der Waals surface area contributed by atoms with E-state index in [9.17, 15) is 0 Å². The Morgan fingerprint density at radius 2 is 2.00 bits per heavy atom. The molecule has 0 unspecified atom stereocenters. The van der Waals surface area contributed by atoms with Crippen molar-refractivity contribution in [2.75, 3.05) is 27.9 Å². The number of benzene rings is 1. The highest BCUT2D eigenvalue weighted by Gasteiger charge is 2.22. The van der Waals surface area contributed by atoms with Gasteiger partial charge in [0.15, 0.2) is 16.7 Å². The second-order valence-corrected chi connectivity index (χ2v) is 9.06. The lowest BCUT2D eigenvalue weighted by Gasteiger charge is -2.19. The Labute approximate surface area is 199 Å². The molecule has 33 heavy (non-hydrogen) atoms. The van der Waals surface area contributed by atoms with Gasteiger partial charge in [0, 0.05) is 25.1 Å². The highest BCUT2D eigenvalue weighted by atomic mass is 32.2. The molecule has 1 saturated heterocycles. The van der Waals surface area contributed by atoms with Crippen LogP contribution in [0.25, 0.3) is 0 Å². The Morgan fingerprint density at radius 1 is 1.12 bits per heavy atom. The van der Waals surface area contributed by atoms with E-state index in [4.69, 9.17) is 14.2 Å². The Kier molecular flexibility index (Phi) is 8.20. The Balaban J connectivity index is 1.46. The van der Waals surface area contributed by atoms with Crippen LogP contribution in [0, 0.1) is 0 Å². The molecule has 0 radical (unpaired) electrons. The van der Waals surface area contributed by atoms with Gasteiger partial charge in [-0.25, -0.2) is 0 Å². The fraction of sp³-hybridized carbons (Fsp3) is 0.458. The second kappa shape index (κ2) is 11.5. The van der Waals surface area contributed by atoms with Gasteiger partial charge in [-0.2, -0.15) is 0 Å². The number of hydrogen-bond acceptors (Lipinski definition) is 8. The average molecular weight is 470 g/mol. The standard InChI is InChI=1S/C24H31N5O3S/c1-28(14-18-9-10-21(30-2)22(13-18)31-3)16-23-26-27-24(29(23)15-20-8-6-12-32-20)33-17-19-7-4-5-11-25-19/h4-5,7,9-11,13,20H,6,8,12,14-17H2,1-3H3/t20-/m1/s1. The number of pyridine rings is 1. The van der Waals surface area contributed by atoms with Crippen LogP contribution in [0.1, 0.15) is 29.9 Å². The molecule has 1 atom stereocenters. The van der Waals surface area contributed by atoms with Crippen LogP contribution in [0.3, 0.4) is 0 Å². The number of hydrogen-bond donors (Lipinski definition) is 0. The van der Waals surface area contributed by atoms with E-state index in [1.807, 2.05) is 36.5 Å². The predicted molar refractivity (Wildman–Crippen MR) is 128 cm³/mol. The number of aromatic nitrogens is 4. The Hall–Kier alpha value is -2.62. The zero-order chi connectivity index (χ0) is 23.0. The van der Waals surface area contributed by atoms with Crippen LogP contribution in [-0.4, -0.2) is 58.6 Å². The topological polar surface area (TPSA) is 74.5 Å². The highest BCUT2D eigenvalue weighted by Crippen LogP contribution is 2.28. The van der Waals surface area contributed by atoms with Gasteiger partial charge in [0.25, 0.3) is 0 Å².